The van der Waals surface area contributed by atoms with E-state index in [0.717, 1.165) is 11.4 Å². The van der Waals surface area contributed by atoms with E-state index in [9.17, 15) is 0 Å². The van der Waals surface area contributed by atoms with Gasteiger partial charge < -0.3 is 9.47 Å². The molecule has 1 aromatic rings. The number of methoxy groups -OCH3 is 2. The van der Waals surface area contributed by atoms with Crippen LogP contribution in [0.2, 0.25) is 0 Å². The Labute approximate surface area is 66.0 Å². The molecular formula is C8H11NO2. The standard InChI is InChI=1S/C8H11NO2/c1-10-6-7-8(11-2)4-3-5-9-7/h3-5H,6H2,1-2H3. The summed E-state index contributed by atoms with van der Waals surface area (Å²) in [6.07, 6.45) is 1.72. The molecule has 0 bridgehead atoms. The predicted octanol–water partition coefficient (Wildman–Crippen LogP) is 1.24. The second kappa shape index (κ2) is 3.93. The minimum atomic E-state index is 0.490. The van der Waals surface area contributed by atoms with Gasteiger partial charge in [-0.3, -0.25) is 4.98 Å². The molecule has 0 spiro atoms. The molecular weight excluding hydrogens is 142 g/mol. The maximum absolute atomic E-state index is 5.06. The molecule has 1 aromatic heterocycles. The van der Waals surface area contributed by atoms with Crippen molar-refractivity contribution < 1.29 is 9.47 Å². The summed E-state index contributed by atoms with van der Waals surface area (Å²) in [5, 5.41) is 0. The van der Waals surface area contributed by atoms with Gasteiger partial charge in [0, 0.05) is 13.3 Å². The van der Waals surface area contributed by atoms with Crippen LogP contribution in [0.4, 0.5) is 0 Å². The molecule has 0 saturated heterocycles. The topological polar surface area (TPSA) is 31.4 Å². The van der Waals surface area contributed by atoms with Crippen LogP contribution < -0.4 is 4.74 Å². The molecule has 0 aliphatic heterocycles. The molecule has 0 saturated carbocycles. The summed E-state index contributed by atoms with van der Waals surface area (Å²) in [4.78, 5) is 4.09. The fraction of sp³-hybridized carbons (Fsp3) is 0.375. The van der Waals surface area contributed by atoms with Crippen LogP contribution in [0.25, 0.3) is 0 Å². The maximum Gasteiger partial charge on any atom is 0.142 e. The highest BCUT2D eigenvalue weighted by molar-refractivity contribution is 5.25. The number of hydrogen-bond acceptors (Lipinski definition) is 3. The lowest BCUT2D eigenvalue weighted by Crippen LogP contribution is -1.96. The van der Waals surface area contributed by atoms with Crippen molar-refractivity contribution in [1.82, 2.24) is 4.98 Å². The average Bonchev–Trinajstić information content (AvgIpc) is 2.06. The summed E-state index contributed by atoms with van der Waals surface area (Å²) in [7, 11) is 3.25. The van der Waals surface area contributed by atoms with Crippen LogP contribution in [0.3, 0.4) is 0 Å². The van der Waals surface area contributed by atoms with Crippen LogP contribution in [0.5, 0.6) is 5.75 Å². The van der Waals surface area contributed by atoms with Gasteiger partial charge in [-0.05, 0) is 12.1 Å². The van der Waals surface area contributed by atoms with E-state index >= 15 is 0 Å². The fourth-order valence-electron chi connectivity index (χ4n) is 0.854. The first-order valence-corrected chi connectivity index (χ1v) is 3.35. The van der Waals surface area contributed by atoms with E-state index < -0.39 is 0 Å². The lowest BCUT2D eigenvalue weighted by atomic mass is 10.3. The van der Waals surface area contributed by atoms with Crippen molar-refractivity contribution in [3.63, 3.8) is 0 Å². The molecule has 0 aliphatic carbocycles. The van der Waals surface area contributed by atoms with Gasteiger partial charge in [0.05, 0.1) is 13.7 Å². The Hall–Kier alpha value is -1.09. The Kier molecular flexibility index (Phi) is 2.86. The Morgan fingerprint density at radius 2 is 2.27 bits per heavy atom. The van der Waals surface area contributed by atoms with E-state index in [-0.39, 0.29) is 0 Å². The molecule has 0 fully saturated rings. The zero-order chi connectivity index (χ0) is 8.10. The monoisotopic (exact) mass is 153 g/mol. The molecule has 0 N–H and O–H groups in total. The van der Waals surface area contributed by atoms with Gasteiger partial charge in [-0.15, -0.1) is 0 Å². The highest BCUT2D eigenvalue weighted by Crippen LogP contribution is 2.14. The van der Waals surface area contributed by atoms with Crippen molar-refractivity contribution in [3.8, 4) is 5.75 Å². The summed E-state index contributed by atoms with van der Waals surface area (Å²) in [5.74, 6) is 0.773. The SMILES string of the molecule is COCc1ncccc1OC. The Balaban J connectivity index is 2.83. The summed E-state index contributed by atoms with van der Waals surface area (Å²) in [6, 6.07) is 3.69. The second-order valence-corrected chi connectivity index (χ2v) is 2.09. The number of nitrogens with zero attached hydrogens (tertiary/aromatic N) is 1. The summed E-state index contributed by atoms with van der Waals surface area (Å²) >= 11 is 0. The zero-order valence-electron chi connectivity index (χ0n) is 6.70. The quantitative estimate of drug-likeness (QED) is 0.654. The van der Waals surface area contributed by atoms with Crippen molar-refractivity contribution >= 4 is 0 Å². The third-order valence-electron chi connectivity index (χ3n) is 1.35. The first-order valence-electron chi connectivity index (χ1n) is 3.35. The van der Waals surface area contributed by atoms with Gasteiger partial charge >= 0.3 is 0 Å². The molecule has 0 radical (unpaired) electrons. The minimum Gasteiger partial charge on any atom is -0.495 e. The third kappa shape index (κ3) is 1.91. The highest BCUT2D eigenvalue weighted by Gasteiger charge is 2.00. The first-order chi connectivity index (χ1) is 5.38. The van der Waals surface area contributed by atoms with Crippen LogP contribution in [-0.2, 0) is 11.3 Å². The van der Waals surface area contributed by atoms with Crippen molar-refractivity contribution in [2.24, 2.45) is 0 Å². The average molecular weight is 153 g/mol. The molecule has 3 nitrogen and oxygen atoms in total. The first kappa shape index (κ1) is 8.01. The fourth-order valence-corrected chi connectivity index (χ4v) is 0.854. The van der Waals surface area contributed by atoms with Gasteiger partial charge in [0.1, 0.15) is 11.4 Å². The normalized spacial score (nSPS) is 9.64. The molecule has 0 unspecified atom stereocenters. The van der Waals surface area contributed by atoms with Crippen molar-refractivity contribution in [1.29, 1.82) is 0 Å². The lowest BCUT2D eigenvalue weighted by molar-refractivity contribution is 0.178. The molecule has 1 heterocycles. The maximum atomic E-state index is 5.06. The molecule has 1 rings (SSSR count). The number of aromatic nitrogens is 1. The number of pyridine rings is 1. The van der Waals surface area contributed by atoms with Crippen molar-refractivity contribution in [2.75, 3.05) is 14.2 Å². The molecule has 11 heavy (non-hydrogen) atoms. The summed E-state index contributed by atoms with van der Waals surface area (Å²) < 4.78 is 9.98. The van der Waals surface area contributed by atoms with Crippen molar-refractivity contribution in [2.45, 2.75) is 6.61 Å². The van der Waals surface area contributed by atoms with Crippen LogP contribution in [0, 0.1) is 0 Å². The van der Waals surface area contributed by atoms with Crippen molar-refractivity contribution in [3.05, 3.63) is 24.0 Å². The van der Waals surface area contributed by atoms with E-state index in [1.165, 1.54) is 0 Å². The van der Waals surface area contributed by atoms with E-state index in [0.29, 0.717) is 6.61 Å². The second-order valence-electron chi connectivity index (χ2n) is 2.09. The Morgan fingerprint density at radius 3 is 2.91 bits per heavy atom. The van der Waals surface area contributed by atoms with Crippen LogP contribution in [0.1, 0.15) is 5.69 Å². The summed E-state index contributed by atoms with van der Waals surface area (Å²) in [6.45, 7) is 0.490. The minimum absolute atomic E-state index is 0.490. The lowest BCUT2D eigenvalue weighted by Gasteiger charge is -2.04. The number of hydrogen-bond donors (Lipinski definition) is 0. The van der Waals surface area contributed by atoms with Crippen LogP contribution in [-0.4, -0.2) is 19.2 Å². The molecule has 0 aromatic carbocycles. The van der Waals surface area contributed by atoms with Gasteiger partial charge in [0.25, 0.3) is 0 Å². The third-order valence-corrected chi connectivity index (χ3v) is 1.35. The van der Waals surface area contributed by atoms with E-state index in [2.05, 4.69) is 4.98 Å². The van der Waals surface area contributed by atoms with Crippen LogP contribution in [0.15, 0.2) is 18.3 Å². The molecule has 0 amide bonds. The summed E-state index contributed by atoms with van der Waals surface area (Å²) in [5.41, 5.74) is 0.831. The van der Waals surface area contributed by atoms with Gasteiger partial charge in [-0.2, -0.15) is 0 Å². The number of ether oxygens (including phenoxy) is 2. The molecule has 3 heteroatoms. The van der Waals surface area contributed by atoms with Crippen LogP contribution >= 0.6 is 0 Å². The number of rotatable bonds is 3. The molecule has 0 atom stereocenters. The van der Waals surface area contributed by atoms with E-state index in [1.807, 2.05) is 12.1 Å². The van der Waals surface area contributed by atoms with Gasteiger partial charge in [-0.1, -0.05) is 0 Å². The Morgan fingerprint density at radius 1 is 1.45 bits per heavy atom. The zero-order valence-corrected chi connectivity index (χ0v) is 6.70. The highest BCUT2D eigenvalue weighted by atomic mass is 16.5. The smallest absolute Gasteiger partial charge is 0.142 e. The Bertz CT molecular complexity index is 225. The molecule has 60 valence electrons. The van der Waals surface area contributed by atoms with Gasteiger partial charge in [0.15, 0.2) is 0 Å². The van der Waals surface area contributed by atoms with E-state index in [4.69, 9.17) is 9.47 Å². The van der Waals surface area contributed by atoms with Gasteiger partial charge in [-0.25, -0.2) is 0 Å². The van der Waals surface area contributed by atoms with Gasteiger partial charge in [0.2, 0.25) is 0 Å². The van der Waals surface area contributed by atoms with E-state index in [1.54, 1.807) is 20.4 Å². The largest absolute Gasteiger partial charge is 0.495 e. The predicted molar refractivity (Wildman–Crippen MR) is 41.5 cm³/mol. The molecule has 0 aliphatic rings.